The number of carboxylic acid groups (broad SMARTS) is 1. The van der Waals surface area contributed by atoms with E-state index in [4.69, 9.17) is 14.6 Å². The molecule has 0 aliphatic heterocycles. The SMILES string of the molecule is CCOCCOCCC(S)C(=O)O. The fourth-order valence-electron chi connectivity index (χ4n) is 0.683. The van der Waals surface area contributed by atoms with Crippen LogP contribution in [0.15, 0.2) is 0 Å². The second-order valence-electron chi connectivity index (χ2n) is 2.45. The number of hydrogen-bond donors (Lipinski definition) is 2. The van der Waals surface area contributed by atoms with Crippen LogP contribution in [-0.2, 0) is 14.3 Å². The summed E-state index contributed by atoms with van der Waals surface area (Å²) in [4.78, 5) is 10.3. The first-order valence-corrected chi connectivity index (χ1v) is 4.76. The van der Waals surface area contributed by atoms with Crippen LogP contribution in [0.4, 0.5) is 0 Å². The van der Waals surface area contributed by atoms with Crippen LogP contribution in [0.5, 0.6) is 0 Å². The minimum atomic E-state index is -0.906. The summed E-state index contributed by atoms with van der Waals surface area (Å²) in [5.74, 6) is -0.906. The van der Waals surface area contributed by atoms with E-state index in [1.807, 2.05) is 6.92 Å². The molecule has 78 valence electrons. The standard InChI is InChI=1S/C8H16O4S/c1-2-11-5-6-12-4-3-7(13)8(9)10/h7,13H,2-6H2,1H3,(H,9,10). The summed E-state index contributed by atoms with van der Waals surface area (Å²) in [7, 11) is 0. The maximum Gasteiger partial charge on any atom is 0.316 e. The van der Waals surface area contributed by atoms with E-state index < -0.39 is 11.2 Å². The summed E-state index contributed by atoms with van der Waals surface area (Å²) in [5.41, 5.74) is 0. The molecule has 1 N–H and O–H groups in total. The highest BCUT2D eigenvalue weighted by molar-refractivity contribution is 7.81. The summed E-state index contributed by atoms with van der Waals surface area (Å²) in [6.45, 7) is 4.06. The van der Waals surface area contributed by atoms with Gasteiger partial charge in [-0.2, -0.15) is 12.6 Å². The Morgan fingerprint density at radius 3 is 2.54 bits per heavy atom. The van der Waals surface area contributed by atoms with Crippen LogP contribution in [-0.4, -0.2) is 42.8 Å². The normalized spacial score (nSPS) is 12.8. The Kier molecular flexibility index (Phi) is 8.18. The molecule has 0 aromatic rings. The Bertz CT molecular complexity index is 140. The van der Waals surface area contributed by atoms with Gasteiger partial charge in [0, 0.05) is 13.2 Å². The lowest BCUT2D eigenvalue weighted by Crippen LogP contribution is -2.16. The Balaban J connectivity index is 3.11. The fraction of sp³-hybridized carbons (Fsp3) is 0.875. The number of carboxylic acids is 1. The molecule has 0 aliphatic carbocycles. The van der Waals surface area contributed by atoms with Gasteiger partial charge in [-0.15, -0.1) is 0 Å². The molecule has 0 radical (unpaired) electrons. The van der Waals surface area contributed by atoms with Gasteiger partial charge in [-0.1, -0.05) is 0 Å². The van der Waals surface area contributed by atoms with Crippen molar-refractivity contribution in [3.8, 4) is 0 Å². The van der Waals surface area contributed by atoms with Crippen molar-refractivity contribution in [3.05, 3.63) is 0 Å². The highest BCUT2D eigenvalue weighted by atomic mass is 32.1. The molecule has 0 heterocycles. The zero-order valence-electron chi connectivity index (χ0n) is 7.73. The van der Waals surface area contributed by atoms with Crippen molar-refractivity contribution in [1.29, 1.82) is 0 Å². The third kappa shape index (κ3) is 8.08. The Hall–Kier alpha value is -0.260. The van der Waals surface area contributed by atoms with Crippen LogP contribution in [0.3, 0.4) is 0 Å². The lowest BCUT2D eigenvalue weighted by molar-refractivity contribution is -0.136. The number of rotatable bonds is 8. The summed E-state index contributed by atoms with van der Waals surface area (Å²) in [6, 6.07) is 0. The molecule has 0 aromatic heterocycles. The van der Waals surface area contributed by atoms with Crippen molar-refractivity contribution in [2.75, 3.05) is 26.4 Å². The number of hydrogen-bond acceptors (Lipinski definition) is 4. The summed E-state index contributed by atoms with van der Waals surface area (Å²) < 4.78 is 10.1. The maximum atomic E-state index is 10.3. The Morgan fingerprint density at radius 2 is 2.00 bits per heavy atom. The Morgan fingerprint density at radius 1 is 1.38 bits per heavy atom. The second-order valence-corrected chi connectivity index (χ2v) is 3.08. The molecule has 0 fully saturated rings. The molecule has 0 spiro atoms. The zero-order chi connectivity index (χ0) is 10.1. The molecule has 0 aliphatic rings. The van der Waals surface area contributed by atoms with E-state index in [-0.39, 0.29) is 0 Å². The van der Waals surface area contributed by atoms with Gasteiger partial charge in [-0.25, -0.2) is 0 Å². The molecule has 4 nitrogen and oxygen atoms in total. The van der Waals surface area contributed by atoms with E-state index in [1.165, 1.54) is 0 Å². The molecule has 0 rings (SSSR count). The van der Waals surface area contributed by atoms with E-state index in [1.54, 1.807) is 0 Å². The predicted molar refractivity (Wildman–Crippen MR) is 52.3 cm³/mol. The lowest BCUT2D eigenvalue weighted by atomic mass is 10.3. The minimum Gasteiger partial charge on any atom is -0.480 e. The van der Waals surface area contributed by atoms with Crippen molar-refractivity contribution in [2.24, 2.45) is 0 Å². The van der Waals surface area contributed by atoms with Gasteiger partial charge in [0.2, 0.25) is 0 Å². The van der Waals surface area contributed by atoms with Crippen LogP contribution in [0.1, 0.15) is 13.3 Å². The van der Waals surface area contributed by atoms with Crippen LogP contribution >= 0.6 is 12.6 Å². The van der Waals surface area contributed by atoms with Crippen LogP contribution < -0.4 is 0 Å². The molecular formula is C8H16O4S. The van der Waals surface area contributed by atoms with Gasteiger partial charge in [-0.05, 0) is 13.3 Å². The maximum absolute atomic E-state index is 10.3. The van der Waals surface area contributed by atoms with Crippen molar-refractivity contribution >= 4 is 18.6 Å². The molecule has 0 saturated heterocycles. The minimum absolute atomic E-state index is 0.410. The van der Waals surface area contributed by atoms with Gasteiger partial charge in [-0.3, -0.25) is 4.79 Å². The van der Waals surface area contributed by atoms with Gasteiger partial charge in [0.1, 0.15) is 5.25 Å². The zero-order valence-corrected chi connectivity index (χ0v) is 8.63. The molecule has 0 saturated carbocycles. The van der Waals surface area contributed by atoms with Crippen molar-refractivity contribution in [2.45, 2.75) is 18.6 Å². The van der Waals surface area contributed by atoms with Gasteiger partial charge >= 0.3 is 5.97 Å². The van der Waals surface area contributed by atoms with Crippen LogP contribution in [0.25, 0.3) is 0 Å². The van der Waals surface area contributed by atoms with Crippen LogP contribution in [0, 0.1) is 0 Å². The van der Waals surface area contributed by atoms with Crippen molar-refractivity contribution in [3.63, 3.8) is 0 Å². The van der Waals surface area contributed by atoms with E-state index >= 15 is 0 Å². The van der Waals surface area contributed by atoms with Gasteiger partial charge < -0.3 is 14.6 Å². The van der Waals surface area contributed by atoms with E-state index in [0.717, 1.165) is 0 Å². The summed E-state index contributed by atoms with van der Waals surface area (Å²) >= 11 is 3.86. The van der Waals surface area contributed by atoms with Crippen LogP contribution in [0.2, 0.25) is 0 Å². The van der Waals surface area contributed by atoms with E-state index in [2.05, 4.69) is 12.6 Å². The molecule has 0 amide bonds. The first-order valence-electron chi connectivity index (χ1n) is 4.24. The van der Waals surface area contributed by atoms with Gasteiger partial charge in [0.05, 0.1) is 13.2 Å². The monoisotopic (exact) mass is 208 g/mol. The second kappa shape index (κ2) is 8.34. The highest BCUT2D eigenvalue weighted by Gasteiger charge is 2.10. The fourth-order valence-corrected chi connectivity index (χ4v) is 0.788. The first kappa shape index (κ1) is 12.7. The molecule has 0 aromatic carbocycles. The quantitative estimate of drug-likeness (QED) is 0.458. The lowest BCUT2D eigenvalue weighted by Gasteiger charge is -2.06. The number of aliphatic carboxylic acids is 1. The summed E-state index contributed by atoms with van der Waals surface area (Å²) in [6.07, 6.45) is 0.421. The summed E-state index contributed by atoms with van der Waals surface area (Å²) in [5, 5.41) is 7.83. The average molecular weight is 208 g/mol. The largest absolute Gasteiger partial charge is 0.480 e. The number of thiol groups is 1. The molecule has 0 bridgehead atoms. The molecule has 5 heteroatoms. The third-order valence-corrected chi connectivity index (χ3v) is 1.88. The van der Waals surface area contributed by atoms with Gasteiger partial charge in [0.25, 0.3) is 0 Å². The Labute approximate surface area is 83.6 Å². The number of ether oxygens (including phenoxy) is 2. The molecule has 13 heavy (non-hydrogen) atoms. The van der Waals surface area contributed by atoms with E-state index in [0.29, 0.717) is 32.8 Å². The number of carbonyl (C=O) groups is 1. The molecular weight excluding hydrogens is 192 g/mol. The smallest absolute Gasteiger partial charge is 0.316 e. The van der Waals surface area contributed by atoms with E-state index in [9.17, 15) is 4.79 Å². The topological polar surface area (TPSA) is 55.8 Å². The first-order chi connectivity index (χ1) is 6.18. The predicted octanol–water partition coefficient (Wildman–Crippen LogP) is 0.813. The third-order valence-electron chi connectivity index (χ3n) is 1.40. The average Bonchev–Trinajstić information content (AvgIpc) is 2.10. The molecule has 1 unspecified atom stereocenters. The highest BCUT2D eigenvalue weighted by Crippen LogP contribution is 2.00. The van der Waals surface area contributed by atoms with Gasteiger partial charge in [0.15, 0.2) is 0 Å². The van der Waals surface area contributed by atoms with Crippen molar-refractivity contribution in [1.82, 2.24) is 0 Å². The van der Waals surface area contributed by atoms with Crippen molar-refractivity contribution < 1.29 is 19.4 Å². The molecule has 1 atom stereocenters.